The zero-order chi connectivity index (χ0) is 20.6. The van der Waals surface area contributed by atoms with Crippen LogP contribution in [-0.4, -0.2) is 27.0 Å². The van der Waals surface area contributed by atoms with Crippen LogP contribution in [0.4, 0.5) is 5.69 Å². The first-order valence-electron chi connectivity index (χ1n) is 9.63. The summed E-state index contributed by atoms with van der Waals surface area (Å²) in [6.07, 6.45) is -0.816. The maximum absolute atomic E-state index is 11.3. The molecule has 0 saturated heterocycles. The Bertz CT molecular complexity index is 1050. The molecule has 1 aromatic heterocycles. The van der Waals surface area contributed by atoms with E-state index in [-0.39, 0.29) is 0 Å². The van der Waals surface area contributed by atoms with Gasteiger partial charge in [-0.05, 0) is 57.2 Å². The summed E-state index contributed by atoms with van der Waals surface area (Å²) in [6.45, 7) is 6.23. The maximum atomic E-state index is 11.3. The third-order valence-corrected chi connectivity index (χ3v) is 5.36. The van der Waals surface area contributed by atoms with Crippen molar-refractivity contribution in [2.45, 2.75) is 45.1 Å². The number of benzene rings is 2. The Hall–Kier alpha value is -3.30. The number of rotatable bonds is 4. The maximum Gasteiger partial charge on any atom is 0.132 e. The van der Waals surface area contributed by atoms with Crippen molar-refractivity contribution < 1.29 is 9.84 Å². The zero-order valence-electron chi connectivity index (χ0n) is 16.8. The molecule has 1 aliphatic heterocycles. The summed E-state index contributed by atoms with van der Waals surface area (Å²) < 4.78 is 6.09. The average molecular weight is 388 g/mol. The Balaban J connectivity index is 1.87. The number of nitrogens with zero attached hydrogens (tertiary/aromatic N) is 3. The average Bonchev–Trinajstić information content (AvgIpc) is 3.13. The largest absolute Gasteiger partial charge is 0.485 e. The van der Waals surface area contributed by atoms with E-state index in [1.54, 1.807) is 6.07 Å². The second kappa shape index (κ2) is 7.26. The molecule has 0 saturated carbocycles. The molecule has 0 aliphatic carbocycles. The molecule has 2 atom stereocenters. The van der Waals surface area contributed by atoms with Crippen LogP contribution >= 0.6 is 0 Å². The van der Waals surface area contributed by atoms with Gasteiger partial charge in [-0.3, -0.25) is 5.10 Å². The summed E-state index contributed by atoms with van der Waals surface area (Å²) in [4.78, 5) is 2.13. The minimum absolute atomic E-state index is 0.401. The number of aliphatic hydroxyl groups excluding tert-OH is 1. The second-order valence-electron chi connectivity index (χ2n) is 7.97. The monoisotopic (exact) mass is 388 g/mol. The Morgan fingerprint density at radius 1 is 1.21 bits per heavy atom. The van der Waals surface area contributed by atoms with Crippen LogP contribution in [0, 0.1) is 18.3 Å². The second-order valence-corrected chi connectivity index (χ2v) is 7.97. The molecule has 1 aliphatic rings. The number of anilines is 1. The lowest BCUT2D eigenvalue weighted by atomic mass is 9.84. The number of nitriles is 1. The number of aromatic amines is 1. The van der Waals surface area contributed by atoms with Gasteiger partial charge in [-0.1, -0.05) is 18.2 Å². The normalized spacial score (nSPS) is 19.7. The molecular weight excluding hydrogens is 364 g/mol. The number of aryl methyl sites for hydroxylation is 1. The predicted octanol–water partition coefficient (Wildman–Crippen LogP) is 3.87. The van der Waals surface area contributed by atoms with Gasteiger partial charge in [0, 0.05) is 16.9 Å². The van der Waals surface area contributed by atoms with Crippen LogP contribution in [0.1, 0.15) is 42.4 Å². The number of aliphatic hydroxyl groups is 1. The number of ether oxygens (including phenoxy) is 1. The van der Waals surface area contributed by atoms with Crippen LogP contribution in [0.25, 0.3) is 0 Å². The Morgan fingerprint density at radius 2 is 1.97 bits per heavy atom. The van der Waals surface area contributed by atoms with Crippen molar-refractivity contribution in [2.75, 3.05) is 4.90 Å². The molecule has 0 amide bonds. The molecule has 0 fully saturated rings. The predicted molar refractivity (Wildman–Crippen MR) is 111 cm³/mol. The van der Waals surface area contributed by atoms with Crippen molar-refractivity contribution in [1.82, 2.24) is 10.2 Å². The smallest absolute Gasteiger partial charge is 0.132 e. The van der Waals surface area contributed by atoms with Crippen LogP contribution < -0.4 is 9.64 Å². The first-order valence-corrected chi connectivity index (χ1v) is 9.63. The van der Waals surface area contributed by atoms with Gasteiger partial charge in [-0.15, -0.1) is 0 Å². The lowest BCUT2D eigenvalue weighted by Crippen LogP contribution is -2.53. The van der Waals surface area contributed by atoms with E-state index in [2.05, 4.69) is 21.2 Å². The Morgan fingerprint density at radius 3 is 2.62 bits per heavy atom. The van der Waals surface area contributed by atoms with Crippen molar-refractivity contribution in [1.29, 1.82) is 5.26 Å². The molecule has 2 aromatic carbocycles. The molecule has 148 valence electrons. The quantitative estimate of drug-likeness (QED) is 0.709. The fourth-order valence-electron chi connectivity index (χ4n) is 3.87. The minimum Gasteiger partial charge on any atom is -0.485 e. The van der Waals surface area contributed by atoms with E-state index in [9.17, 15) is 10.4 Å². The SMILES string of the molecule is Cc1cc(CN(c2ccccc2)[C@H]2c3cc(C#N)ccc3OC(C)(C)[C@@H]2O)n[nH]1. The Labute approximate surface area is 170 Å². The van der Waals surface area contributed by atoms with Gasteiger partial charge in [0.25, 0.3) is 0 Å². The molecular formula is C23H24N4O2. The lowest BCUT2D eigenvalue weighted by Gasteiger charge is -2.47. The van der Waals surface area contributed by atoms with Crippen molar-refractivity contribution in [2.24, 2.45) is 0 Å². The first-order chi connectivity index (χ1) is 13.9. The van der Waals surface area contributed by atoms with Crippen molar-refractivity contribution in [3.8, 4) is 11.8 Å². The van der Waals surface area contributed by atoms with E-state index >= 15 is 0 Å². The zero-order valence-corrected chi connectivity index (χ0v) is 16.8. The molecule has 0 spiro atoms. The van der Waals surface area contributed by atoms with Gasteiger partial charge in [0.15, 0.2) is 0 Å². The van der Waals surface area contributed by atoms with Gasteiger partial charge in [0.05, 0.1) is 29.9 Å². The van der Waals surface area contributed by atoms with E-state index in [0.717, 1.165) is 22.6 Å². The third kappa shape index (κ3) is 3.57. The molecule has 0 unspecified atom stereocenters. The number of H-pyrrole nitrogens is 1. The number of fused-ring (bicyclic) bond motifs is 1. The van der Waals surface area contributed by atoms with Crippen LogP contribution in [0.15, 0.2) is 54.6 Å². The number of aromatic nitrogens is 2. The third-order valence-electron chi connectivity index (χ3n) is 5.36. The first kappa shape index (κ1) is 19.0. The number of hydrogen-bond acceptors (Lipinski definition) is 5. The summed E-state index contributed by atoms with van der Waals surface area (Å²) in [6, 6.07) is 19.1. The summed E-state index contributed by atoms with van der Waals surface area (Å²) in [5.41, 5.74) is 3.36. The molecule has 6 heteroatoms. The van der Waals surface area contributed by atoms with Gasteiger partial charge in [0.1, 0.15) is 17.5 Å². The summed E-state index contributed by atoms with van der Waals surface area (Å²) >= 11 is 0. The van der Waals surface area contributed by atoms with E-state index in [1.165, 1.54) is 0 Å². The van der Waals surface area contributed by atoms with Gasteiger partial charge in [-0.2, -0.15) is 10.4 Å². The van der Waals surface area contributed by atoms with Crippen LogP contribution in [0.5, 0.6) is 5.75 Å². The summed E-state index contributed by atoms with van der Waals surface area (Å²) in [7, 11) is 0. The van der Waals surface area contributed by atoms with Crippen LogP contribution in [-0.2, 0) is 6.54 Å². The van der Waals surface area contributed by atoms with Gasteiger partial charge in [0.2, 0.25) is 0 Å². The van der Waals surface area contributed by atoms with Gasteiger partial charge >= 0.3 is 0 Å². The Kier molecular flexibility index (Phi) is 4.77. The molecule has 0 radical (unpaired) electrons. The standard InChI is InChI=1S/C23H24N4O2/c1-15-11-17(26-25-15)14-27(18-7-5-4-6-8-18)21-19-12-16(13-24)9-10-20(19)29-23(2,3)22(21)28/h4-12,21-22,28H,14H2,1-3H3,(H,25,26)/t21-,22+/m0/s1. The van der Waals surface area contributed by atoms with E-state index in [0.29, 0.717) is 17.9 Å². The minimum atomic E-state index is -0.816. The lowest BCUT2D eigenvalue weighted by molar-refractivity contribution is -0.0590. The van der Waals surface area contributed by atoms with E-state index in [4.69, 9.17) is 4.74 Å². The molecule has 6 nitrogen and oxygen atoms in total. The van der Waals surface area contributed by atoms with Gasteiger partial charge < -0.3 is 14.7 Å². The van der Waals surface area contributed by atoms with Gasteiger partial charge in [-0.25, -0.2) is 0 Å². The van der Waals surface area contributed by atoms with Crippen LogP contribution in [0.3, 0.4) is 0 Å². The highest BCUT2D eigenvalue weighted by atomic mass is 16.5. The van der Waals surface area contributed by atoms with Crippen molar-refractivity contribution >= 4 is 5.69 Å². The molecule has 3 aromatic rings. The molecule has 2 heterocycles. The number of para-hydroxylation sites is 1. The summed E-state index contributed by atoms with van der Waals surface area (Å²) in [5, 5.41) is 28.1. The number of hydrogen-bond donors (Lipinski definition) is 2. The fourth-order valence-corrected chi connectivity index (χ4v) is 3.87. The molecule has 29 heavy (non-hydrogen) atoms. The molecule has 0 bridgehead atoms. The highest BCUT2D eigenvalue weighted by molar-refractivity contribution is 5.55. The van der Waals surface area contributed by atoms with Crippen molar-refractivity contribution in [3.63, 3.8) is 0 Å². The molecule has 4 rings (SSSR count). The van der Waals surface area contributed by atoms with E-state index < -0.39 is 17.7 Å². The topological polar surface area (TPSA) is 85.2 Å². The fraction of sp³-hybridized carbons (Fsp3) is 0.304. The highest BCUT2D eigenvalue weighted by Crippen LogP contribution is 2.45. The van der Waals surface area contributed by atoms with Crippen molar-refractivity contribution in [3.05, 3.63) is 77.1 Å². The number of nitrogens with one attached hydrogen (secondary N) is 1. The molecule has 2 N–H and O–H groups in total. The highest BCUT2D eigenvalue weighted by Gasteiger charge is 2.45. The van der Waals surface area contributed by atoms with E-state index in [1.807, 2.05) is 69.3 Å². The summed E-state index contributed by atoms with van der Waals surface area (Å²) in [5.74, 6) is 0.684. The van der Waals surface area contributed by atoms with Crippen LogP contribution in [0.2, 0.25) is 0 Å².